The van der Waals surface area contributed by atoms with E-state index in [-0.39, 0.29) is 23.8 Å². The van der Waals surface area contributed by atoms with E-state index >= 15 is 0 Å². The molecule has 0 amide bonds. The maximum absolute atomic E-state index is 12.6. The zero-order valence-electron chi connectivity index (χ0n) is 17.3. The van der Waals surface area contributed by atoms with Crippen molar-refractivity contribution in [2.75, 3.05) is 19.7 Å². The van der Waals surface area contributed by atoms with Gasteiger partial charge in [-0.1, -0.05) is 39.0 Å². The highest BCUT2D eigenvalue weighted by Crippen LogP contribution is 2.33. The molecule has 1 fully saturated rings. The second-order valence-corrected chi connectivity index (χ2v) is 8.12. The van der Waals surface area contributed by atoms with Crippen LogP contribution in [0.1, 0.15) is 46.1 Å². The van der Waals surface area contributed by atoms with Gasteiger partial charge in [-0.25, -0.2) is 4.99 Å². The summed E-state index contributed by atoms with van der Waals surface area (Å²) in [7, 11) is 0. The first kappa shape index (κ1) is 22.4. The van der Waals surface area contributed by atoms with Gasteiger partial charge in [0.25, 0.3) is 0 Å². The van der Waals surface area contributed by atoms with Gasteiger partial charge in [-0.3, -0.25) is 0 Å². The molecule has 0 spiro atoms. The first-order chi connectivity index (χ1) is 13.3. The maximum atomic E-state index is 12.6. The number of nitrogens with zero attached hydrogens (tertiary/aromatic N) is 1. The normalized spacial score (nSPS) is 20.9. The molecule has 1 aliphatic heterocycles. The Morgan fingerprint density at radius 2 is 2.04 bits per heavy atom. The molecule has 0 bridgehead atoms. The number of hydrogen-bond acceptors (Lipinski definition) is 3. The third kappa shape index (κ3) is 6.93. The van der Waals surface area contributed by atoms with Gasteiger partial charge in [-0.05, 0) is 31.2 Å². The van der Waals surface area contributed by atoms with Gasteiger partial charge in [0.05, 0.1) is 12.6 Å². The number of halogens is 2. The Morgan fingerprint density at radius 1 is 1.29 bits per heavy atom. The largest absolute Gasteiger partial charge is 0.434 e. The van der Waals surface area contributed by atoms with Crippen LogP contribution in [0.25, 0.3) is 0 Å². The van der Waals surface area contributed by atoms with E-state index in [1.54, 1.807) is 18.2 Å². The third-order valence-corrected chi connectivity index (χ3v) is 4.77. The Kier molecular flexibility index (Phi) is 8.48. The molecule has 0 aromatic heterocycles. The topological polar surface area (TPSA) is 54.9 Å². The molecule has 2 rings (SSSR count). The highest BCUT2D eigenvalue weighted by Gasteiger charge is 2.35. The fraction of sp³-hybridized carbons (Fsp3) is 0.667. The molecular formula is C21H33F2N3O2. The van der Waals surface area contributed by atoms with E-state index < -0.39 is 6.61 Å². The van der Waals surface area contributed by atoms with Gasteiger partial charge < -0.3 is 20.1 Å². The second-order valence-electron chi connectivity index (χ2n) is 8.12. The van der Waals surface area contributed by atoms with Crippen molar-refractivity contribution >= 4 is 5.96 Å². The Morgan fingerprint density at radius 3 is 2.71 bits per heavy atom. The molecule has 2 unspecified atom stereocenters. The molecule has 5 nitrogen and oxygen atoms in total. The summed E-state index contributed by atoms with van der Waals surface area (Å²) < 4.78 is 35.8. The zero-order chi connectivity index (χ0) is 20.6. The first-order valence-electron chi connectivity index (χ1n) is 9.97. The van der Waals surface area contributed by atoms with Gasteiger partial charge in [-0.15, -0.1) is 0 Å². The Balaban J connectivity index is 2.03. The van der Waals surface area contributed by atoms with E-state index in [0.29, 0.717) is 24.0 Å². The molecule has 1 aromatic carbocycles. The fourth-order valence-corrected chi connectivity index (χ4v) is 3.59. The van der Waals surface area contributed by atoms with Crippen molar-refractivity contribution in [3.8, 4) is 5.75 Å². The molecular weight excluding hydrogens is 364 g/mol. The maximum Gasteiger partial charge on any atom is 0.387 e. The van der Waals surface area contributed by atoms with Gasteiger partial charge in [0.15, 0.2) is 5.96 Å². The van der Waals surface area contributed by atoms with Crippen molar-refractivity contribution in [3.63, 3.8) is 0 Å². The number of para-hydroxylation sites is 1. The molecule has 158 valence electrons. The summed E-state index contributed by atoms with van der Waals surface area (Å²) in [6.07, 6.45) is 2.36. The van der Waals surface area contributed by atoms with E-state index in [9.17, 15) is 8.78 Å². The van der Waals surface area contributed by atoms with Gasteiger partial charge in [0.1, 0.15) is 5.75 Å². The van der Waals surface area contributed by atoms with Crippen molar-refractivity contribution in [1.82, 2.24) is 10.6 Å². The van der Waals surface area contributed by atoms with E-state index in [1.807, 2.05) is 6.92 Å². The lowest BCUT2D eigenvalue weighted by atomic mass is 9.78. The molecule has 1 aromatic rings. The van der Waals surface area contributed by atoms with Gasteiger partial charge in [0, 0.05) is 31.2 Å². The molecule has 0 saturated carbocycles. The summed E-state index contributed by atoms with van der Waals surface area (Å²) in [6, 6.07) is 6.74. The van der Waals surface area contributed by atoms with Crippen molar-refractivity contribution in [2.24, 2.45) is 16.3 Å². The van der Waals surface area contributed by atoms with Crippen molar-refractivity contribution in [3.05, 3.63) is 29.8 Å². The predicted molar refractivity (Wildman–Crippen MR) is 108 cm³/mol. The molecule has 7 heteroatoms. The number of rotatable bonds is 7. The summed E-state index contributed by atoms with van der Waals surface area (Å²) in [6.45, 7) is 8.28. The average molecular weight is 398 g/mol. The highest BCUT2D eigenvalue weighted by atomic mass is 19.3. The third-order valence-electron chi connectivity index (χ3n) is 4.77. The van der Waals surface area contributed by atoms with E-state index in [2.05, 4.69) is 41.1 Å². The lowest BCUT2D eigenvalue weighted by Gasteiger charge is -2.40. The Hall–Kier alpha value is -1.89. The van der Waals surface area contributed by atoms with Crippen molar-refractivity contribution in [1.29, 1.82) is 0 Å². The van der Waals surface area contributed by atoms with Gasteiger partial charge >= 0.3 is 6.61 Å². The summed E-state index contributed by atoms with van der Waals surface area (Å²) in [5, 5.41) is 6.61. The van der Waals surface area contributed by atoms with E-state index in [4.69, 9.17) is 4.74 Å². The quantitative estimate of drug-likeness (QED) is 0.535. The number of benzene rings is 1. The van der Waals surface area contributed by atoms with Crippen molar-refractivity contribution < 1.29 is 18.3 Å². The first-order valence-corrected chi connectivity index (χ1v) is 9.97. The lowest BCUT2D eigenvalue weighted by molar-refractivity contribution is -0.0835. The summed E-state index contributed by atoms with van der Waals surface area (Å²) in [5.41, 5.74) is 0.696. The van der Waals surface area contributed by atoms with Crippen molar-refractivity contribution in [2.45, 2.75) is 59.8 Å². The van der Waals surface area contributed by atoms with Gasteiger partial charge in [-0.2, -0.15) is 8.78 Å². The number of hydrogen-bond donors (Lipinski definition) is 2. The highest BCUT2D eigenvalue weighted by molar-refractivity contribution is 5.79. The SMILES string of the molecule is CCNC(=NCc1ccccc1OC(F)F)NCC1CCCOC1C(C)(C)C. The van der Waals surface area contributed by atoms with E-state index in [0.717, 1.165) is 26.0 Å². The number of alkyl halides is 2. The zero-order valence-corrected chi connectivity index (χ0v) is 17.3. The smallest absolute Gasteiger partial charge is 0.387 e. The van der Waals surface area contributed by atoms with Crippen LogP contribution in [0.4, 0.5) is 8.78 Å². The molecule has 28 heavy (non-hydrogen) atoms. The molecule has 2 N–H and O–H groups in total. The standard InChI is InChI=1S/C21H33F2N3O2/c1-5-24-20(25-13-15-9-6-7-11-17(15)28-19(22)23)26-14-16-10-8-12-27-18(16)21(2,3)4/h6-7,9,11,16,18-19H,5,8,10,12-14H2,1-4H3,(H2,24,25,26). The number of nitrogens with one attached hydrogen (secondary N) is 2. The van der Waals surface area contributed by atoms with E-state index in [1.165, 1.54) is 6.07 Å². The molecule has 1 saturated heterocycles. The lowest BCUT2D eigenvalue weighted by Crippen LogP contribution is -2.47. The van der Waals surface area contributed by atoms with Gasteiger partial charge in [0.2, 0.25) is 0 Å². The minimum absolute atomic E-state index is 0.0772. The molecule has 0 radical (unpaired) electrons. The van der Waals surface area contributed by atoms with Crippen LogP contribution in [0.3, 0.4) is 0 Å². The van der Waals surface area contributed by atoms with Crippen LogP contribution in [0, 0.1) is 11.3 Å². The van der Waals surface area contributed by atoms with Crippen LogP contribution >= 0.6 is 0 Å². The second kappa shape index (κ2) is 10.6. The molecule has 2 atom stereocenters. The summed E-state index contributed by atoms with van der Waals surface area (Å²) in [4.78, 5) is 4.55. The van der Waals surface area contributed by atoms with Crippen LogP contribution < -0.4 is 15.4 Å². The number of guanidine groups is 1. The summed E-state index contributed by atoms with van der Waals surface area (Å²) >= 11 is 0. The number of aliphatic imine (C=N–C) groups is 1. The molecule has 1 heterocycles. The predicted octanol–water partition coefficient (Wildman–Crippen LogP) is 4.18. The van der Waals surface area contributed by atoms with Crippen LogP contribution in [0.15, 0.2) is 29.3 Å². The Bertz CT molecular complexity index is 632. The average Bonchev–Trinajstić information content (AvgIpc) is 2.64. The minimum atomic E-state index is -2.85. The molecule has 0 aliphatic carbocycles. The monoisotopic (exact) mass is 397 g/mol. The fourth-order valence-electron chi connectivity index (χ4n) is 3.59. The van der Waals surface area contributed by atoms with Crippen LogP contribution in [0.5, 0.6) is 5.75 Å². The van der Waals surface area contributed by atoms with Crippen LogP contribution in [0.2, 0.25) is 0 Å². The van der Waals surface area contributed by atoms with Crippen LogP contribution in [-0.2, 0) is 11.3 Å². The summed E-state index contributed by atoms with van der Waals surface area (Å²) in [5.74, 6) is 1.21. The Labute approximate surface area is 166 Å². The van der Waals surface area contributed by atoms with Crippen LogP contribution in [-0.4, -0.2) is 38.4 Å². The number of ether oxygens (including phenoxy) is 2. The molecule has 1 aliphatic rings. The minimum Gasteiger partial charge on any atom is -0.434 e.